The summed E-state index contributed by atoms with van der Waals surface area (Å²) >= 11 is 0. The standard InChI is InChI=1S/C34H30O9/c35-21-27-28(41-31(36)24-15-7-2-8-16-24)29(42-32(37)25-17-9-3-10-18-25)30(39-22-23-13-5-1-6-14-23)34(40-27)43-33(38)26-19-11-4-12-20-26/h1-20,27-30,34-35H,21-22H2/t27-,28-,29+,30-,34+/m0/s1. The van der Waals surface area contributed by atoms with Gasteiger partial charge in [0.15, 0.2) is 18.3 Å². The molecule has 0 aliphatic carbocycles. The third-order valence-electron chi connectivity index (χ3n) is 6.79. The van der Waals surface area contributed by atoms with E-state index in [1.54, 1.807) is 91.0 Å². The molecule has 5 atom stereocenters. The first-order chi connectivity index (χ1) is 21.0. The monoisotopic (exact) mass is 582 g/mol. The molecule has 0 unspecified atom stereocenters. The molecular weight excluding hydrogens is 552 g/mol. The lowest BCUT2D eigenvalue weighted by atomic mass is 9.97. The molecule has 0 bridgehead atoms. The first-order valence-electron chi connectivity index (χ1n) is 13.7. The van der Waals surface area contributed by atoms with Crippen LogP contribution in [0.25, 0.3) is 0 Å². The van der Waals surface area contributed by atoms with Gasteiger partial charge >= 0.3 is 17.9 Å². The summed E-state index contributed by atoms with van der Waals surface area (Å²) in [7, 11) is 0. The average molecular weight is 583 g/mol. The van der Waals surface area contributed by atoms with E-state index in [4.69, 9.17) is 23.7 Å². The van der Waals surface area contributed by atoms with Crippen LogP contribution in [0.15, 0.2) is 121 Å². The van der Waals surface area contributed by atoms with E-state index in [2.05, 4.69) is 0 Å². The van der Waals surface area contributed by atoms with Gasteiger partial charge in [-0.2, -0.15) is 0 Å². The number of carbonyl (C=O) groups is 3. The first-order valence-corrected chi connectivity index (χ1v) is 13.7. The SMILES string of the molecule is O=C(O[C@H]1O[C@@H](CO)[C@H](OC(=O)c2ccccc2)[C@@H](OC(=O)c2ccccc2)[C@@H]1OCc1ccccc1)c1ccccc1. The highest BCUT2D eigenvalue weighted by Gasteiger charge is 2.52. The molecule has 4 aromatic carbocycles. The van der Waals surface area contributed by atoms with Crippen molar-refractivity contribution in [2.24, 2.45) is 0 Å². The number of hydrogen-bond acceptors (Lipinski definition) is 9. The fourth-order valence-corrected chi connectivity index (χ4v) is 4.62. The van der Waals surface area contributed by atoms with Crippen molar-refractivity contribution < 1.29 is 43.2 Å². The molecule has 1 N–H and O–H groups in total. The Morgan fingerprint density at radius 3 is 1.44 bits per heavy atom. The van der Waals surface area contributed by atoms with Gasteiger partial charge in [-0.05, 0) is 42.0 Å². The zero-order chi connectivity index (χ0) is 30.0. The molecule has 220 valence electrons. The Morgan fingerprint density at radius 1 is 0.558 bits per heavy atom. The van der Waals surface area contributed by atoms with Crippen LogP contribution in [0.2, 0.25) is 0 Å². The van der Waals surface area contributed by atoms with E-state index >= 15 is 0 Å². The minimum Gasteiger partial charge on any atom is -0.452 e. The lowest BCUT2D eigenvalue weighted by molar-refractivity contribution is -0.295. The van der Waals surface area contributed by atoms with Crippen LogP contribution >= 0.6 is 0 Å². The maximum absolute atomic E-state index is 13.4. The average Bonchev–Trinajstić information content (AvgIpc) is 3.06. The number of carbonyl (C=O) groups excluding carboxylic acids is 3. The van der Waals surface area contributed by atoms with Crippen LogP contribution in [0.5, 0.6) is 0 Å². The molecule has 5 rings (SSSR count). The normalized spacial score (nSPS) is 21.4. The van der Waals surface area contributed by atoms with E-state index < -0.39 is 55.2 Å². The number of rotatable bonds is 10. The van der Waals surface area contributed by atoms with Gasteiger partial charge in [-0.3, -0.25) is 0 Å². The van der Waals surface area contributed by atoms with Crippen molar-refractivity contribution in [3.8, 4) is 0 Å². The lowest BCUT2D eigenvalue weighted by Crippen LogP contribution is -2.62. The highest BCUT2D eigenvalue weighted by Crippen LogP contribution is 2.31. The topological polar surface area (TPSA) is 118 Å². The van der Waals surface area contributed by atoms with Gasteiger partial charge in [-0.25, -0.2) is 14.4 Å². The van der Waals surface area contributed by atoms with Crippen LogP contribution in [0.4, 0.5) is 0 Å². The summed E-state index contributed by atoms with van der Waals surface area (Å²) < 4.78 is 29.8. The van der Waals surface area contributed by atoms with E-state index in [-0.39, 0.29) is 23.3 Å². The molecule has 9 heteroatoms. The predicted molar refractivity (Wildman–Crippen MR) is 154 cm³/mol. The van der Waals surface area contributed by atoms with Crippen molar-refractivity contribution in [1.82, 2.24) is 0 Å². The quantitative estimate of drug-likeness (QED) is 0.212. The van der Waals surface area contributed by atoms with Crippen molar-refractivity contribution in [3.05, 3.63) is 144 Å². The second kappa shape index (κ2) is 14.4. The molecule has 0 radical (unpaired) electrons. The van der Waals surface area contributed by atoms with Crippen molar-refractivity contribution in [2.45, 2.75) is 37.3 Å². The summed E-state index contributed by atoms with van der Waals surface area (Å²) in [4.78, 5) is 39.6. The second-order valence-electron chi connectivity index (χ2n) is 9.73. The highest BCUT2D eigenvalue weighted by molar-refractivity contribution is 5.91. The van der Waals surface area contributed by atoms with Crippen molar-refractivity contribution in [1.29, 1.82) is 0 Å². The summed E-state index contributed by atoms with van der Waals surface area (Å²) in [6.07, 6.45) is -6.58. The maximum Gasteiger partial charge on any atom is 0.340 e. The Morgan fingerprint density at radius 2 is 0.977 bits per heavy atom. The van der Waals surface area contributed by atoms with Gasteiger partial charge in [0, 0.05) is 0 Å². The number of benzene rings is 4. The summed E-state index contributed by atoms with van der Waals surface area (Å²) in [5.74, 6) is -2.18. The molecule has 0 amide bonds. The van der Waals surface area contributed by atoms with E-state index in [1.807, 2.05) is 30.3 Å². The Balaban J connectivity index is 1.50. The number of ether oxygens (including phenoxy) is 5. The third kappa shape index (κ3) is 7.52. The minimum atomic E-state index is -1.44. The second-order valence-corrected chi connectivity index (χ2v) is 9.73. The van der Waals surface area contributed by atoms with Gasteiger partial charge in [0.1, 0.15) is 6.10 Å². The molecule has 1 aliphatic heterocycles. The van der Waals surface area contributed by atoms with Crippen molar-refractivity contribution in [3.63, 3.8) is 0 Å². The molecule has 0 spiro atoms. The Kier molecular flexibility index (Phi) is 9.91. The first kappa shape index (κ1) is 29.7. The number of hydrogen-bond donors (Lipinski definition) is 1. The molecule has 1 aliphatic rings. The zero-order valence-corrected chi connectivity index (χ0v) is 23.1. The van der Waals surface area contributed by atoms with Crippen LogP contribution in [-0.4, -0.2) is 60.3 Å². The molecule has 43 heavy (non-hydrogen) atoms. The fourth-order valence-electron chi connectivity index (χ4n) is 4.62. The Bertz CT molecular complexity index is 1480. The Hall–Kier alpha value is -4.83. The number of esters is 3. The van der Waals surface area contributed by atoms with Crippen LogP contribution in [-0.2, 0) is 30.3 Å². The van der Waals surface area contributed by atoms with E-state index in [0.29, 0.717) is 0 Å². The van der Waals surface area contributed by atoms with Crippen LogP contribution in [0.3, 0.4) is 0 Å². The molecule has 0 saturated carbocycles. The highest BCUT2D eigenvalue weighted by atomic mass is 16.7. The Labute approximate surface area is 248 Å². The van der Waals surface area contributed by atoms with E-state index in [0.717, 1.165) is 5.56 Å². The molecular formula is C34H30O9. The van der Waals surface area contributed by atoms with Gasteiger partial charge in [-0.15, -0.1) is 0 Å². The summed E-state index contributed by atoms with van der Waals surface area (Å²) in [5.41, 5.74) is 1.52. The predicted octanol–water partition coefficient (Wildman–Crippen LogP) is 4.60. The van der Waals surface area contributed by atoms with Crippen LogP contribution in [0.1, 0.15) is 36.6 Å². The smallest absolute Gasteiger partial charge is 0.340 e. The van der Waals surface area contributed by atoms with Crippen LogP contribution in [0, 0.1) is 0 Å². The molecule has 1 saturated heterocycles. The van der Waals surface area contributed by atoms with Crippen molar-refractivity contribution in [2.75, 3.05) is 6.61 Å². The maximum atomic E-state index is 13.4. The zero-order valence-electron chi connectivity index (χ0n) is 23.1. The number of aliphatic hydroxyl groups excluding tert-OH is 1. The fraction of sp³-hybridized carbons (Fsp3) is 0.206. The van der Waals surface area contributed by atoms with Gasteiger partial charge in [0.2, 0.25) is 6.29 Å². The molecule has 0 aromatic heterocycles. The molecule has 1 heterocycles. The van der Waals surface area contributed by atoms with E-state index in [9.17, 15) is 19.5 Å². The van der Waals surface area contributed by atoms with Crippen LogP contribution < -0.4 is 0 Å². The minimum absolute atomic E-state index is 0.0246. The van der Waals surface area contributed by atoms with Crippen molar-refractivity contribution >= 4 is 17.9 Å². The van der Waals surface area contributed by atoms with Gasteiger partial charge in [0.05, 0.1) is 29.9 Å². The lowest BCUT2D eigenvalue weighted by Gasteiger charge is -2.44. The van der Waals surface area contributed by atoms with Gasteiger partial charge in [-0.1, -0.05) is 84.9 Å². The van der Waals surface area contributed by atoms with Gasteiger partial charge < -0.3 is 28.8 Å². The summed E-state index contributed by atoms with van der Waals surface area (Å²) in [6, 6.07) is 34.0. The van der Waals surface area contributed by atoms with Gasteiger partial charge in [0.25, 0.3) is 0 Å². The third-order valence-corrected chi connectivity index (χ3v) is 6.79. The number of aliphatic hydroxyl groups is 1. The summed E-state index contributed by atoms with van der Waals surface area (Å²) in [6.45, 7) is -0.617. The molecule has 1 fully saturated rings. The molecule has 4 aromatic rings. The molecule has 9 nitrogen and oxygen atoms in total. The summed E-state index contributed by atoms with van der Waals surface area (Å²) in [5, 5.41) is 10.3. The van der Waals surface area contributed by atoms with E-state index in [1.165, 1.54) is 0 Å². The largest absolute Gasteiger partial charge is 0.452 e.